The summed E-state index contributed by atoms with van der Waals surface area (Å²) in [5, 5.41) is 8.91. The second-order valence-corrected chi connectivity index (χ2v) is 8.09. The zero-order valence-electron chi connectivity index (χ0n) is 13.2. The SMILES string of the molecule is CC(=O)c1ccc(S(=O)(=O)N2C(OC(=O)O)CC3CCCC32)cc1. The number of fused-ring (bicyclic) bond motifs is 1. The predicted molar refractivity (Wildman–Crippen MR) is 84.1 cm³/mol. The van der Waals surface area contributed by atoms with Crippen LogP contribution in [0.15, 0.2) is 29.2 Å². The number of carboxylic acid groups (broad SMARTS) is 1. The Morgan fingerprint density at radius 1 is 1.21 bits per heavy atom. The van der Waals surface area contributed by atoms with Gasteiger partial charge >= 0.3 is 6.16 Å². The minimum atomic E-state index is -3.90. The maximum atomic E-state index is 13.0. The predicted octanol–water partition coefficient (Wildman–Crippen LogP) is 2.47. The second kappa shape index (κ2) is 6.18. The van der Waals surface area contributed by atoms with Crippen molar-refractivity contribution in [3.8, 4) is 0 Å². The van der Waals surface area contributed by atoms with E-state index >= 15 is 0 Å². The highest BCUT2D eigenvalue weighted by atomic mass is 32.2. The van der Waals surface area contributed by atoms with Gasteiger partial charge in [-0.2, -0.15) is 4.31 Å². The van der Waals surface area contributed by atoms with Crippen LogP contribution in [0.4, 0.5) is 4.79 Å². The van der Waals surface area contributed by atoms with Crippen LogP contribution in [0.5, 0.6) is 0 Å². The Kier molecular flexibility index (Phi) is 4.35. The van der Waals surface area contributed by atoms with Crippen molar-refractivity contribution in [3.05, 3.63) is 29.8 Å². The molecule has 3 unspecified atom stereocenters. The average Bonchev–Trinajstić information content (AvgIpc) is 3.06. The van der Waals surface area contributed by atoms with Crippen LogP contribution in [0, 0.1) is 5.92 Å². The number of ketones is 1. The molecule has 0 radical (unpaired) electrons. The summed E-state index contributed by atoms with van der Waals surface area (Å²) in [6.07, 6.45) is 0.419. The third kappa shape index (κ3) is 2.91. The highest BCUT2D eigenvalue weighted by Crippen LogP contribution is 2.44. The van der Waals surface area contributed by atoms with Crippen molar-refractivity contribution in [3.63, 3.8) is 0 Å². The van der Waals surface area contributed by atoms with E-state index in [-0.39, 0.29) is 22.6 Å². The molecule has 1 saturated carbocycles. The number of Topliss-reactive ketones (excluding diaryl/α,β-unsaturated/α-hetero) is 1. The number of nitrogens with zero attached hydrogens (tertiary/aromatic N) is 1. The molecule has 0 amide bonds. The molecule has 24 heavy (non-hydrogen) atoms. The van der Waals surface area contributed by atoms with Gasteiger partial charge in [-0.1, -0.05) is 18.6 Å². The lowest BCUT2D eigenvalue weighted by atomic mass is 10.0. The van der Waals surface area contributed by atoms with Crippen LogP contribution in [-0.2, 0) is 14.8 Å². The highest BCUT2D eigenvalue weighted by molar-refractivity contribution is 7.89. The summed E-state index contributed by atoms with van der Waals surface area (Å²) in [6, 6.07) is 5.46. The van der Waals surface area contributed by atoms with Gasteiger partial charge in [0.15, 0.2) is 12.0 Å². The van der Waals surface area contributed by atoms with E-state index in [1.807, 2.05) is 0 Å². The lowest BCUT2D eigenvalue weighted by Gasteiger charge is -2.27. The van der Waals surface area contributed by atoms with Gasteiger partial charge in [0.25, 0.3) is 0 Å². The standard InChI is InChI=1S/C16H19NO6S/c1-10(18)11-5-7-13(8-6-11)24(21,22)17-14-4-2-3-12(14)9-15(17)23-16(19)20/h5-8,12,14-15H,2-4,9H2,1H3,(H,19,20). The molecular weight excluding hydrogens is 334 g/mol. The minimum Gasteiger partial charge on any atom is -0.450 e. The molecule has 1 aliphatic carbocycles. The van der Waals surface area contributed by atoms with Crippen molar-refractivity contribution < 1.29 is 27.9 Å². The lowest BCUT2D eigenvalue weighted by molar-refractivity contribution is 0.00936. The Balaban J connectivity index is 1.95. The number of hydrogen-bond donors (Lipinski definition) is 1. The zero-order valence-corrected chi connectivity index (χ0v) is 14.0. The van der Waals surface area contributed by atoms with Crippen LogP contribution in [-0.4, -0.2) is 42.0 Å². The van der Waals surface area contributed by atoms with Gasteiger partial charge in [0, 0.05) is 18.0 Å². The van der Waals surface area contributed by atoms with Crippen LogP contribution in [0.2, 0.25) is 0 Å². The summed E-state index contributed by atoms with van der Waals surface area (Å²) in [5.41, 5.74) is 0.424. The largest absolute Gasteiger partial charge is 0.507 e. The summed E-state index contributed by atoms with van der Waals surface area (Å²) in [7, 11) is -3.90. The van der Waals surface area contributed by atoms with Crippen LogP contribution < -0.4 is 0 Å². The van der Waals surface area contributed by atoms with Crippen LogP contribution in [0.3, 0.4) is 0 Å². The van der Waals surface area contributed by atoms with Gasteiger partial charge in [-0.15, -0.1) is 0 Å². The molecule has 0 aromatic heterocycles. The quantitative estimate of drug-likeness (QED) is 0.659. The first-order valence-electron chi connectivity index (χ1n) is 7.85. The zero-order chi connectivity index (χ0) is 17.5. The van der Waals surface area contributed by atoms with E-state index in [2.05, 4.69) is 0 Å². The molecule has 1 heterocycles. The number of hydrogen-bond acceptors (Lipinski definition) is 5. The topological polar surface area (TPSA) is 101 Å². The summed E-state index contributed by atoms with van der Waals surface area (Å²) in [5.74, 6) is -0.0244. The molecule has 130 valence electrons. The number of carbonyl (C=O) groups excluding carboxylic acids is 1. The minimum absolute atomic E-state index is 0.0408. The number of rotatable bonds is 4. The lowest BCUT2D eigenvalue weighted by Crippen LogP contribution is -2.43. The first-order chi connectivity index (χ1) is 11.3. The summed E-state index contributed by atoms with van der Waals surface area (Å²) in [6.45, 7) is 1.41. The Morgan fingerprint density at radius 2 is 1.88 bits per heavy atom. The smallest absolute Gasteiger partial charge is 0.450 e. The normalized spacial score (nSPS) is 27.0. The van der Waals surface area contributed by atoms with Crippen molar-refractivity contribution >= 4 is 22.0 Å². The van der Waals surface area contributed by atoms with Gasteiger partial charge in [0.2, 0.25) is 10.0 Å². The molecule has 0 spiro atoms. The fourth-order valence-corrected chi connectivity index (χ4v) is 5.53. The monoisotopic (exact) mass is 353 g/mol. The van der Waals surface area contributed by atoms with E-state index in [0.717, 1.165) is 12.8 Å². The van der Waals surface area contributed by atoms with E-state index in [0.29, 0.717) is 18.4 Å². The van der Waals surface area contributed by atoms with Crippen LogP contribution >= 0.6 is 0 Å². The third-order valence-electron chi connectivity index (χ3n) is 4.81. The first kappa shape index (κ1) is 16.9. The Hall–Kier alpha value is -1.93. The number of ether oxygens (including phenoxy) is 1. The molecule has 3 atom stereocenters. The van der Waals surface area contributed by atoms with Crippen molar-refractivity contribution in [2.45, 2.75) is 49.8 Å². The van der Waals surface area contributed by atoms with Crippen molar-refractivity contribution in [1.82, 2.24) is 4.31 Å². The summed E-state index contributed by atoms with van der Waals surface area (Å²) in [4.78, 5) is 22.3. The Bertz CT molecular complexity index is 757. The van der Waals surface area contributed by atoms with Gasteiger partial charge in [-0.25, -0.2) is 13.2 Å². The van der Waals surface area contributed by atoms with Gasteiger partial charge in [0.05, 0.1) is 4.90 Å². The van der Waals surface area contributed by atoms with Gasteiger partial charge < -0.3 is 9.84 Å². The molecule has 0 bridgehead atoms. The van der Waals surface area contributed by atoms with E-state index in [9.17, 15) is 18.0 Å². The number of benzene rings is 1. The second-order valence-electron chi connectivity index (χ2n) is 6.25. The molecule has 1 N–H and O–H groups in total. The van der Waals surface area contributed by atoms with Crippen LogP contribution in [0.25, 0.3) is 0 Å². The van der Waals surface area contributed by atoms with Gasteiger partial charge in [-0.05, 0) is 37.8 Å². The van der Waals surface area contributed by atoms with Gasteiger partial charge in [-0.3, -0.25) is 4.79 Å². The number of sulfonamides is 1. The van der Waals surface area contributed by atoms with Crippen molar-refractivity contribution in [2.24, 2.45) is 5.92 Å². The maximum Gasteiger partial charge on any atom is 0.507 e. The molecule has 8 heteroatoms. The molecule has 3 rings (SSSR count). The molecule has 1 aliphatic heterocycles. The van der Waals surface area contributed by atoms with Gasteiger partial charge in [0.1, 0.15) is 0 Å². The molecule has 2 fully saturated rings. The molecule has 1 aromatic carbocycles. The molecule has 1 saturated heterocycles. The van der Waals surface area contributed by atoms with Crippen molar-refractivity contribution in [2.75, 3.05) is 0 Å². The molecule has 7 nitrogen and oxygen atoms in total. The summed E-state index contributed by atoms with van der Waals surface area (Å²) >= 11 is 0. The molecular formula is C16H19NO6S. The first-order valence-corrected chi connectivity index (χ1v) is 9.29. The number of carbonyl (C=O) groups is 2. The fourth-order valence-electron chi connectivity index (χ4n) is 3.74. The van der Waals surface area contributed by atoms with Crippen molar-refractivity contribution in [1.29, 1.82) is 0 Å². The Morgan fingerprint density at radius 3 is 2.46 bits per heavy atom. The average molecular weight is 353 g/mol. The molecule has 2 aliphatic rings. The van der Waals surface area contributed by atoms with E-state index in [1.165, 1.54) is 35.5 Å². The third-order valence-corrected chi connectivity index (χ3v) is 6.74. The molecule has 1 aromatic rings. The maximum absolute atomic E-state index is 13.0. The summed E-state index contributed by atoms with van der Waals surface area (Å²) < 4.78 is 32.1. The van der Waals surface area contributed by atoms with E-state index < -0.39 is 22.4 Å². The van der Waals surface area contributed by atoms with E-state index in [1.54, 1.807) is 0 Å². The highest BCUT2D eigenvalue weighted by Gasteiger charge is 2.51. The van der Waals surface area contributed by atoms with E-state index in [4.69, 9.17) is 9.84 Å². The fraction of sp³-hybridized carbons (Fsp3) is 0.500. The van der Waals surface area contributed by atoms with Crippen LogP contribution in [0.1, 0.15) is 43.0 Å². The Labute approximate surface area is 140 Å².